The molecule has 0 atom stereocenters. The second-order valence-electron chi connectivity index (χ2n) is 4.90. The third-order valence-electron chi connectivity index (χ3n) is 3.28. The highest BCUT2D eigenvalue weighted by Crippen LogP contribution is 2.02. The Bertz CT molecular complexity index is 162. The molecule has 0 amide bonds. The molecule has 0 aromatic heterocycles. The molecule has 4 heteroatoms. The van der Waals surface area contributed by atoms with Crippen molar-refractivity contribution < 1.29 is 0 Å². The molecule has 1 saturated heterocycles. The molecule has 1 fully saturated rings. The van der Waals surface area contributed by atoms with Crippen LogP contribution in [-0.4, -0.2) is 72.6 Å². The van der Waals surface area contributed by atoms with Crippen molar-refractivity contribution >= 4 is 22.6 Å². The lowest BCUT2D eigenvalue weighted by molar-refractivity contribution is 0.227. The molecular weight excluding hydrogens is 313 g/mol. The standard InChI is InChI=1S/C12H26IN3/c1-14-6-3-7-15(2)9-5-11-16(12-13)10-4-8-14/h3-12H2,1-2H3. The highest BCUT2D eigenvalue weighted by atomic mass is 127. The molecule has 1 aliphatic heterocycles. The maximum Gasteiger partial charge on any atom is 0.0505 e. The summed E-state index contributed by atoms with van der Waals surface area (Å²) in [7, 11) is 4.50. The first-order valence-electron chi connectivity index (χ1n) is 6.38. The maximum absolute atomic E-state index is 2.57. The van der Waals surface area contributed by atoms with E-state index in [4.69, 9.17) is 0 Å². The molecule has 96 valence electrons. The van der Waals surface area contributed by atoms with Crippen molar-refractivity contribution in [3.63, 3.8) is 0 Å². The molecule has 0 bridgehead atoms. The van der Waals surface area contributed by atoms with E-state index in [2.05, 4.69) is 51.4 Å². The number of rotatable bonds is 1. The molecule has 0 aliphatic carbocycles. The van der Waals surface area contributed by atoms with Crippen molar-refractivity contribution in [1.29, 1.82) is 0 Å². The van der Waals surface area contributed by atoms with Crippen molar-refractivity contribution in [2.75, 3.05) is 57.9 Å². The van der Waals surface area contributed by atoms with Gasteiger partial charge in [0, 0.05) is 13.1 Å². The van der Waals surface area contributed by atoms with Gasteiger partial charge in [-0.05, 0) is 59.5 Å². The molecule has 0 aromatic carbocycles. The van der Waals surface area contributed by atoms with Crippen molar-refractivity contribution in [1.82, 2.24) is 14.7 Å². The third-order valence-corrected chi connectivity index (χ3v) is 4.24. The molecule has 3 nitrogen and oxygen atoms in total. The van der Waals surface area contributed by atoms with Gasteiger partial charge in [0.2, 0.25) is 0 Å². The van der Waals surface area contributed by atoms with E-state index in [-0.39, 0.29) is 0 Å². The van der Waals surface area contributed by atoms with Crippen LogP contribution in [0.3, 0.4) is 0 Å². The zero-order valence-corrected chi connectivity index (χ0v) is 12.9. The Morgan fingerprint density at radius 3 is 1.50 bits per heavy atom. The Balaban J connectivity index is 2.35. The SMILES string of the molecule is CN1CCCN(C)CCCN(CI)CCC1. The Labute approximate surface area is 114 Å². The van der Waals surface area contributed by atoms with Gasteiger partial charge < -0.3 is 9.80 Å². The average molecular weight is 339 g/mol. The largest absolute Gasteiger partial charge is 0.306 e. The summed E-state index contributed by atoms with van der Waals surface area (Å²) >= 11 is 2.49. The van der Waals surface area contributed by atoms with Crippen molar-refractivity contribution in [2.24, 2.45) is 0 Å². The normalized spacial score (nSPS) is 24.9. The van der Waals surface area contributed by atoms with Gasteiger partial charge in [-0.2, -0.15) is 0 Å². The first kappa shape index (κ1) is 14.7. The van der Waals surface area contributed by atoms with E-state index >= 15 is 0 Å². The monoisotopic (exact) mass is 339 g/mol. The predicted octanol–water partition coefficient (Wildman–Crippen LogP) is 1.73. The smallest absolute Gasteiger partial charge is 0.0505 e. The molecule has 1 heterocycles. The van der Waals surface area contributed by atoms with Gasteiger partial charge in [0.15, 0.2) is 0 Å². The summed E-state index contributed by atoms with van der Waals surface area (Å²) in [4.78, 5) is 7.52. The summed E-state index contributed by atoms with van der Waals surface area (Å²) in [5.74, 6) is 0. The Kier molecular flexibility index (Phi) is 7.94. The van der Waals surface area contributed by atoms with Crippen LogP contribution >= 0.6 is 22.6 Å². The minimum absolute atomic E-state index is 1.17. The molecule has 1 aliphatic rings. The Morgan fingerprint density at radius 2 is 1.12 bits per heavy atom. The van der Waals surface area contributed by atoms with E-state index in [9.17, 15) is 0 Å². The summed E-state index contributed by atoms with van der Waals surface area (Å²) in [6.07, 6.45) is 3.94. The molecule has 16 heavy (non-hydrogen) atoms. The lowest BCUT2D eigenvalue weighted by Crippen LogP contribution is -2.33. The van der Waals surface area contributed by atoms with Crippen molar-refractivity contribution in [2.45, 2.75) is 19.3 Å². The van der Waals surface area contributed by atoms with E-state index in [1.165, 1.54) is 63.1 Å². The molecule has 0 N–H and O–H groups in total. The zero-order valence-electron chi connectivity index (χ0n) is 10.8. The van der Waals surface area contributed by atoms with Crippen molar-refractivity contribution in [3.05, 3.63) is 0 Å². The lowest BCUT2D eigenvalue weighted by atomic mass is 10.3. The van der Waals surface area contributed by atoms with Crippen LogP contribution in [0.5, 0.6) is 0 Å². The fourth-order valence-corrected chi connectivity index (χ4v) is 2.88. The third kappa shape index (κ3) is 6.37. The molecule has 0 unspecified atom stereocenters. The summed E-state index contributed by atoms with van der Waals surface area (Å²) in [5, 5.41) is 0. The molecular formula is C12H26IN3. The zero-order chi connectivity index (χ0) is 11.8. The summed E-state index contributed by atoms with van der Waals surface area (Å²) in [6, 6.07) is 0. The quantitative estimate of drug-likeness (QED) is 0.409. The molecule has 1 rings (SSSR count). The minimum Gasteiger partial charge on any atom is -0.306 e. The first-order valence-corrected chi connectivity index (χ1v) is 7.90. The van der Waals surface area contributed by atoms with Gasteiger partial charge in [-0.15, -0.1) is 0 Å². The van der Waals surface area contributed by atoms with Gasteiger partial charge in [-0.3, -0.25) is 4.90 Å². The van der Waals surface area contributed by atoms with Crippen LogP contribution in [0.15, 0.2) is 0 Å². The van der Waals surface area contributed by atoms with Gasteiger partial charge in [-0.25, -0.2) is 0 Å². The molecule has 0 radical (unpaired) electrons. The number of nitrogens with zero attached hydrogens (tertiary/aromatic N) is 3. The average Bonchev–Trinajstić information content (AvgIpc) is 2.25. The first-order chi connectivity index (χ1) is 7.72. The topological polar surface area (TPSA) is 9.72 Å². The van der Waals surface area contributed by atoms with E-state index < -0.39 is 0 Å². The second-order valence-corrected chi connectivity index (χ2v) is 5.59. The van der Waals surface area contributed by atoms with Gasteiger partial charge >= 0.3 is 0 Å². The number of hydrogen-bond acceptors (Lipinski definition) is 3. The Morgan fingerprint density at radius 1 is 0.750 bits per heavy atom. The van der Waals surface area contributed by atoms with E-state index in [1.54, 1.807) is 0 Å². The molecule has 0 aromatic rings. The van der Waals surface area contributed by atoms with E-state index in [0.717, 1.165) is 0 Å². The van der Waals surface area contributed by atoms with Crippen molar-refractivity contribution in [3.8, 4) is 0 Å². The summed E-state index contributed by atoms with van der Waals surface area (Å²) in [5.41, 5.74) is 0. The molecule has 0 saturated carbocycles. The number of hydrogen-bond donors (Lipinski definition) is 0. The highest BCUT2D eigenvalue weighted by molar-refractivity contribution is 14.1. The van der Waals surface area contributed by atoms with E-state index in [1.807, 2.05) is 0 Å². The van der Waals surface area contributed by atoms with Gasteiger partial charge in [0.05, 0.1) is 4.55 Å². The summed E-state index contributed by atoms with van der Waals surface area (Å²) in [6.45, 7) is 7.50. The number of halogens is 1. The van der Waals surface area contributed by atoms with Crippen LogP contribution in [0.1, 0.15) is 19.3 Å². The van der Waals surface area contributed by atoms with Crippen LogP contribution in [0.25, 0.3) is 0 Å². The van der Waals surface area contributed by atoms with Crippen LogP contribution < -0.4 is 0 Å². The van der Waals surface area contributed by atoms with E-state index in [0.29, 0.717) is 0 Å². The predicted molar refractivity (Wildman–Crippen MR) is 79.3 cm³/mol. The van der Waals surface area contributed by atoms with Crippen LogP contribution in [0.4, 0.5) is 0 Å². The molecule has 0 spiro atoms. The fourth-order valence-electron chi connectivity index (χ4n) is 2.19. The second kappa shape index (κ2) is 8.66. The highest BCUT2D eigenvalue weighted by Gasteiger charge is 2.07. The van der Waals surface area contributed by atoms with Gasteiger partial charge in [-0.1, -0.05) is 22.6 Å². The minimum atomic E-state index is 1.17. The van der Waals surface area contributed by atoms with Gasteiger partial charge in [0.1, 0.15) is 0 Å². The van der Waals surface area contributed by atoms with Crippen LogP contribution in [-0.2, 0) is 0 Å². The fraction of sp³-hybridized carbons (Fsp3) is 1.00. The summed E-state index contributed by atoms with van der Waals surface area (Å²) < 4.78 is 1.17. The van der Waals surface area contributed by atoms with Crippen LogP contribution in [0, 0.1) is 0 Å². The Hall–Kier alpha value is 0.610. The van der Waals surface area contributed by atoms with Gasteiger partial charge in [0.25, 0.3) is 0 Å². The van der Waals surface area contributed by atoms with Crippen LogP contribution in [0.2, 0.25) is 0 Å². The number of alkyl halides is 1. The maximum atomic E-state index is 2.57. The lowest BCUT2D eigenvalue weighted by Gasteiger charge is -2.25.